The maximum absolute atomic E-state index is 11.4. The van der Waals surface area contributed by atoms with Crippen molar-refractivity contribution in [3.8, 4) is 17.0 Å². The molecule has 0 aliphatic carbocycles. The van der Waals surface area contributed by atoms with Crippen LogP contribution in [-0.4, -0.2) is 66.9 Å². The second kappa shape index (κ2) is 8.32. The van der Waals surface area contributed by atoms with Crippen molar-refractivity contribution in [1.29, 1.82) is 0 Å². The summed E-state index contributed by atoms with van der Waals surface area (Å²) in [5.41, 5.74) is 4.69. The van der Waals surface area contributed by atoms with Gasteiger partial charge in [0, 0.05) is 54.5 Å². The van der Waals surface area contributed by atoms with Gasteiger partial charge in [0.05, 0.1) is 6.33 Å². The van der Waals surface area contributed by atoms with Crippen molar-refractivity contribution in [3.05, 3.63) is 61.1 Å². The van der Waals surface area contributed by atoms with E-state index in [0.717, 1.165) is 35.2 Å². The number of H-pyrrole nitrogens is 1. The Labute approximate surface area is 200 Å². The summed E-state index contributed by atoms with van der Waals surface area (Å²) >= 11 is 0. The molecule has 2 aromatic carbocycles. The highest BCUT2D eigenvalue weighted by molar-refractivity contribution is 6.01. The van der Waals surface area contributed by atoms with Crippen molar-refractivity contribution < 1.29 is 15.0 Å². The van der Waals surface area contributed by atoms with E-state index in [1.807, 2.05) is 42.6 Å². The quantitative estimate of drug-likeness (QED) is 0.359. The number of nitrogens with zero attached hydrogens (tertiary/aromatic N) is 6. The molecule has 1 aliphatic rings. The maximum atomic E-state index is 11.4. The van der Waals surface area contributed by atoms with Crippen LogP contribution in [0.2, 0.25) is 0 Å². The fourth-order valence-corrected chi connectivity index (χ4v) is 4.62. The van der Waals surface area contributed by atoms with E-state index in [9.17, 15) is 15.0 Å². The minimum Gasteiger partial charge on any atom is -0.508 e. The molecule has 1 saturated heterocycles. The highest BCUT2D eigenvalue weighted by atomic mass is 16.4. The number of hydrogen-bond acceptors (Lipinski definition) is 7. The highest BCUT2D eigenvalue weighted by Gasteiger charge is 2.24. The van der Waals surface area contributed by atoms with E-state index in [0.29, 0.717) is 35.9 Å². The Bertz CT molecular complexity index is 1530. The zero-order valence-corrected chi connectivity index (χ0v) is 18.8. The minimum absolute atomic E-state index is 0.227. The van der Waals surface area contributed by atoms with Gasteiger partial charge in [0.1, 0.15) is 23.5 Å². The van der Waals surface area contributed by atoms with Crippen LogP contribution in [0.25, 0.3) is 33.3 Å². The van der Waals surface area contributed by atoms with Gasteiger partial charge in [0.2, 0.25) is 5.95 Å². The Kier molecular flexibility index (Phi) is 4.98. The first-order chi connectivity index (χ1) is 17.1. The summed E-state index contributed by atoms with van der Waals surface area (Å²) in [5, 5.41) is 20.0. The van der Waals surface area contributed by atoms with Crippen LogP contribution < -0.4 is 9.80 Å². The van der Waals surface area contributed by atoms with Gasteiger partial charge in [-0.1, -0.05) is 18.2 Å². The third-order valence-electron chi connectivity index (χ3n) is 6.38. The van der Waals surface area contributed by atoms with Crippen molar-refractivity contribution in [3.63, 3.8) is 0 Å². The number of aliphatic carboxylic acids is 1. The number of para-hydroxylation sites is 1. The SMILES string of the molecule is O=C(O)Cn1cnc2c(-c3c[nH]c4ccccc34)nc(N3CCN(c4ccc(O)cc4)CC3)nc21. The molecule has 3 N–H and O–H groups in total. The Morgan fingerprint density at radius 1 is 0.971 bits per heavy atom. The maximum Gasteiger partial charge on any atom is 0.323 e. The van der Waals surface area contributed by atoms with Crippen LogP contribution in [0.3, 0.4) is 0 Å². The number of piperazine rings is 1. The topological polar surface area (TPSA) is 123 Å². The van der Waals surface area contributed by atoms with Gasteiger partial charge in [-0.05, 0) is 30.3 Å². The molecular weight excluding hydrogens is 446 g/mol. The molecule has 10 nitrogen and oxygen atoms in total. The fraction of sp³-hybridized carbons (Fsp3) is 0.200. The third-order valence-corrected chi connectivity index (χ3v) is 6.38. The van der Waals surface area contributed by atoms with Crippen LogP contribution in [0.4, 0.5) is 11.6 Å². The van der Waals surface area contributed by atoms with Crippen molar-refractivity contribution in [2.45, 2.75) is 6.54 Å². The van der Waals surface area contributed by atoms with Gasteiger partial charge in [-0.25, -0.2) is 9.97 Å². The van der Waals surface area contributed by atoms with E-state index in [1.165, 1.54) is 6.33 Å². The molecule has 1 fully saturated rings. The number of carboxylic acids is 1. The van der Waals surface area contributed by atoms with Gasteiger partial charge in [0.25, 0.3) is 0 Å². The number of anilines is 2. The van der Waals surface area contributed by atoms with Crippen molar-refractivity contribution >= 4 is 39.7 Å². The van der Waals surface area contributed by atoms with Gasteiger partial charge in [-0.3, -0.25) is 4.79 Å². The van der Waals surface area contributed by atoms with Crippen molar-refractivity contribution in [1.82, 2.24) is 24.5 Å². The molecule has 176 valence electrons. The number of fused-ring (bicyclic) bond motifs is 2. The summed E-state index contributed by atoms with van der Waals surface area (Å²) in [4.78, 5) is 33.3. The van der Waals surface area contributed by atoms with Gasteiger partial charge in [-0.15, -0.1) is 0 Å². The standard InChI is InChI=1S/C25H23N7O3/c33-17-7-5-16(6-8-17)30-9-11-31(12-10-30)25-28-22(19-13-26-20-4-2-1-3-18(19)20)23-24(29-25)32(15-27-23)14-21(34)35/h1-8,13,15,26,33H,9-12,14H2,(H,34,35). The van der Waals surface area contributed by atoms with Gasteiger partial charge >= 0.3 is 5.97 Å². The lowest BCUT2D eigenvalue weighted by Gasteiger charge is -2.36. The summed E-state index contributed by atoms with van der Waals surface area (Å²) in [6, 6.07) is 15.2. The normalized spacial score (nSPS) is 14.2. The average Bonchev–Trinajstić information content (AvgIpc) is 3.48. The first kappa shape index (κ1) is 21.0. The summed E-state index contributed by atoms with van der Waals surface area (Å²) in [6.07, 6.45) is 3.42. The molecule has 0 amide bonds. The van der Waals surface area contributed by atoms with Gasteiger partial charge in [0.15, 0.2) is 5.65 Å². The van der Waals surface area contributed by atoms with E-state index in [1.54, 1.807) is 16.7 Å². The Morgan fingerprint density at radius 3 is 2.49 bits per heavy atom. The van der Waals surface area contributed by atoms with Gasteiger partial charge in [-0.2, -0.15) is 4.98 Å². The number of aromatic nitrogens is 5. The van der Waals surface area contributed by atoms with Crippen LogP contribution in [-0.2, 0) is 11.3 Å². The molecule has 0 spiro atoms. The number of phenols is 1. The predicted octanol–water partition coefficient (Wildman–Crippen LogP) is 3.09. The van der Waals surface area contributed by atoms with E-state index >= 15 is 0 Å². The number of hydrogen-bond donors (Lipinski definition) is 3. The summed E-state index contributed by atoms with van der Waals surface area (Å²) in [5.74, 6) is -0.159. The second-order valence-corrected chi connectivity index (χ2v) is 8.55. The number of benzene rings is 2. The monoisotopic (exact) mass is 469 g/mol. The molecule has 10 heteroatoms. The van der Waals surface area contributed by atoms with Gasteiger partial charge < -0.3 is 29.6 Å². The number of imidazole rings is 1. The molecule has 0 radical (unpaired) electrons. The number of carboxylic acid groups (broad SMARTS) is 1. The lowest BCUT2D eigenvalue weighted by Crippen LogP contribution is -2.47. The van der Waals surface area contributed by atoms with Crippen molar-refractivity contribution in [2.24, 2.45) is 0 Å². The van der Waals surface area contributed by atoms with E-state index < -0.39 is 5.97 Å². The van der Waals surface area contributed by atoms with Crippen molar-refractivity contribution in [2.75, 3.05) is 36.0 Å². The first-order valence-electron chi connectivity index (χ1n) is 11.4. The van der Waals surface area contributed by atoms with E-state index in [-0.39, 0.29) is 12.3 Å². The Morgan fingerprint density at radius 2 is 1.71 bits per heavy atom. The predicted molar refractivity (Wildman–Crippen MR) is 133 cm³/mol. The lowest BCUT2D eigenvalue weighted by molar-refractivity contribution is -0.137. The number of aromatic amines is 1. The number of aromatic hydroxyl groups is 1. The zero-order chi connectivity index (χ0) is 23.9. The average molecular weight is 470 g/mol. The number of nitrogens with one attached hydrogen (secondary N) is 1. The number of phenolic OH excluding ortho intramolecular Hbond substituents is 1. The summed E-state index contributed by atoms with van der Waals surface area (Å²) < 4.78 is 1.55. The summed E-state index contributed by atoms with van der Waals surface area (Å²) in [6.45, 7) is 2.71. The minimum atomic E-state index is -0.958. The molecule has 0 unspecified atom stereocenters. The molecule has 0 saturated carbocycles. The van der Waals surface area contributed by atoms with Crippen LogP contribution in [0.5, 0.6) is 5.75 Å². The molecule has 35 heavy (non-hydrogen) atoms. The smallest absolute Gasteiger partial charge is 0.323 e. The lowest BCUT2D eigenvalue weighted by atomic mass is 10.1. The molecule has 1 aliphatic heterocycles. The molecule has 6 rings (SSSR count). The molecule has 0 atom stereocenters. The van der Waals surface area contributed by atoms with Crippen LogP contribution >= 0.6 is 0 Å². The molecular formula is C25H23N7O3. The molecule has 4 heterocycles. The summed E-state index contributed by atoms with van der Waals surface area (Å²) in [7, 11) is 0. The van der Waals surface area contributed by atoms with Crippen LogP contribution in [0, 0.1) is 0 Å². The van der Waals surface area contributed by atoms with E-state index in [4.69, 9.17) is 9.97 Å². The zero-order valence-electron chi connectivity index (χ0n) is 18.8. The van der Waals surface area contributed by atoms with E-state index in [2.05, 4.69) is 19.8 Å². The Balaban J connectivity index is 1.39. The Hall–Kier alpha value is -4.60. The third kappa shape index (κ3) is 3.78. The molecule has 3 aromatic heterocycles. The number of carbonyl (C=O) groups is 1. The largest absolute Gasteiger partial charge is 0.508 e. The first-order valence-corrected chi connectivity index (χ1v) is 11.4. The van der Waals surface area contributed by atoms with Crippen LogP contribution in [0.15, 0.2) is 61.1 Å². The number of rotatable bonds is 5. The molecule has 5 aromatic rings. The fourth-order valence-electron chi connectivity index (χ4n) is 4.62. The second-order valence-electron chi connectivity index (χ2n) is 8.55. The molecule has 0 bridgehead atoms. The highest BCUT2D eigenvalue weighted by Crippen LogP contribution is 2.33. The van der Waals surface area contributed by atoms with Crippen LogP contribution in [0.1, 0.15) is 0 Å².